The number of methoxy groups -OCH3 is 1. The Morgan fingerprint density at radius 2 is 1.77 bits per heavy atom. The van der Waals surface area contributed by atoms with Crippen molar-refractivity contribution in [2.75, 3.05) is 33.5 Å². The van der Waals surface area contributed by atoms with E-state index in [9.17, 15) is 14.4 Å². The number of nitrogens with zero attached hydrogens (tertiary/aromatic N) is 1. The molecule has 1 unspecified atom stereocenters. The molecule has 1 atom stereocenters. The molecule has 2 aliphatic heterocycles. The van der Waals surface area contributed by atoms with Crippen LogP contribution in [0, 0.1) is 5.92 Å². The van der Waals surface area contributed by atoms with Gasteiger partial charge in [0.1, 0.15) is 11.8 Å². The van der Waals surface area contributed by atoms with Crippen molar-refractivity contribution < 1.29 is 28.6 Å². The summed E-state index contributed by atoms with van der Waals surface area (Å²) in [6.45, 7) is 5.02. The molecule has 1 saturated heterocycles. The zero-order valence-electron chi connectivity index (χ0n) is 19.6. The van der Waals surface area contributed by atoms with E-state index in [1.165, 1.54) is 0 Å². The summed E-state index contributed by atoms with van der Waals surface area (Å²) in [4.78, 5) is 40.6. The zero-order chi connectivity index (χ0) is 24.8. The minimum atomic E-state index is -0.744. The van der Waals surface area contributed by atoms with Gasteiger partial charge in [-0.25, -0.2) is 0 Å². The molecule has 1 fully saturated rings. The van der Waals surface area contributed by atoms with E-state index in [1.807, 2.05) is 0 Å². The summed E-state index contributed by atoms with van der Waals surface area (Å²) in [5.41, 5.74) is 0.962. The van der Waals surface area contributed by atoms with Crippen molar-refractivity contribution in [1.82, 2.24) is 15.5 Å². The highest BCUT2D eigenvalue weighted by atomic mass is 16.7. The molecule has 2 N–H and O–H groups in total. The predicted octanol–water partition coefficient (Wildman–Crippen LogP) is 2.38. The lowest BCUT2D eigenvalue weighted by Gasteiger charge is -2.35. The second kappa shape index (κ2) is 10.9. The molecule has 0 radical (unpaired) electrons. The van der Waals surface area contributed by atoms with Crippen molar-refractivity contribution in [3.8, 4) is 17.2 Å². The number of amides is 3. The van der Waals surface area contributed by atoms with Gasteiger partial charge in [0.2, 0.25) is 12.7 Å². The molecule has 9 nitrogen and oxygen atoms in total. The Labute approximate surface area is 204 Å². The van der Waals surface area contributed by atoms with Gasteiger partial charge in [-0.05, 0) is 61.2 Å². The number of piperidine rings is 1. The summed E-state index contributed by atoms with van der Waals surface area (Å²) < 4.78 is 15.8. The Kier molecular flexibility index (Phi) is 7.54. The Hall–Kier alpha value is -4.01. The molecule has 2 aliphatic rings. The Morgan fingerprint density at radius 3 is 2.46 bits per heavy atom. The summed E-state index contributed by atoms with van der Waals surface area (Å²) in [7, 11) is 1.58. The SMILES string of the molecule is C=CCNC(=O)C(NC(=O)c1ccc2c(c1)OCO2)C1CCN(C(=O)c2ccc(OC)cc2)CC1. The van der Waals surface area contributed by atoms with Crippen molar-refractivity contribution in [3.05, 3.63) is 66.2 Å². The van der Waals surface area contributed by atoms with Crippen LogP contribution in [0.3, 0.4) is 0 Å². The third-order valence-electron chi connectivity index (χ3n) is 6.26. The van der Waals surface area contributed by atoms with Crippen molar-refractivity contribution >= 4 is 17.7 Å². The highest BCUT2D eigenvalue weighted by Crippen LogP contribution is 2.32. The van der Waals surface area contributed by atoms with E-state index in [0.717, 1.165) is 0 Å². The topological polar surface area (TPSA) is 106 Å². The second-order valence-corrected chi connectivity index (χ2v) is 8.41. The van der Waals surface area contributed by atoms with Crippen LogP contribution < -0.4 is 24.8 Å². The molecule has 0 saturated carbocycles. The van der Waals surface area contributed by atoms with Gasteiger partial charge in [0.05, 0.1) is 7.11 Å². The normalized spacial score (nSPS) is 15.7. The van der Waals surface area contributed by atoms with Gasteiger partial charge in [-0.2, -0.15) is 0 Å². The first-order valence-corrected chi connectivity index (χ1v) is 11.5. The molecule has 0 aliphatic carbocycles. The molecule has 9 heteroatoms. The fraction of sp³-hybridized carbons (Fsp3) is 0.346. The van der Waals surface area contributed by atoms with Gasteiger partial charge in [0.15, 0.2) is 11.5 Å². The highest BCUT2D eigenvalue weighted by molar-refractivity contribution is 5.98. The fourth-order valence-electron chi connectivity index (χ4n) is 4.29. The number of hydrogen-bond donors (Lipinski definition) is 2. The minimum absolute atomic E-state index is 0.0665. The molecule has 2 aromatic carbocycles. The molecule has 184 valence electrons. The minimum Gasteiger partial charge on any atom is -0.497 e. The highest BCUT2D eigenvalue weighted by Gasteiger charge is 2.34. The molecule has 0 bridgehead atoms. The lowest BCUT2D eigenvalue weighted by Crippen LogP contribution is -2.53. The first-order chi connectivity index (χ1) is 17.0. The maximum absolute atomic E-state index is 13.0. The number of rotatable bonds is 8. The van der Waals surface area contributed by atoms with E-state index in [1.54, 1.807) is 60.6 Å². The number of benzene rings is 2. The summed E-state index contributed by atoms with van der Waals surface area (Å²) in [6.07, 6.45) is 2.75. The van der Waals surface area contributed by atoms with Gasteiger partial charge in [0.25, 0.3) is 11.8 Å². The number of hydrogen-bond acceptors (Lipinski definition) is 6. The number of nitrogens with one attached hydrogen (secondary N) is 2. The van der Waals surface area contributed by atoms with E-state index in [0.29, 0.717) is 60.9 Å². The number of carbonyl (C=O) groups is 3. The monoisotopic (exact) mass is 479 g/mol. The van der Waals surface area contributed by atoms with Crippen LogP contribution in [0.25, 0.3) is 0 Å². The summed E-state index contributed by atoms with van der Waals surface area (Å²) in [5, 5.41) is 5.68. The largest absolute Gasteiger partial charge is 0.497 e. The third-order valence-corrected chi connectivity index (χ3v) is 6.26. The Bertz CT molecular complexity index is 1090. The van der Waals surface area contributed by atoms with Crippen LogP contribution in [0.4, 0.5) is 0 Å². The summed E-state index contributed by atoms with van der Waals surface area (Å²) in [5.74, 6) is 0.914. The molecule has 2 heterocycles. The summed E-state index contributed by atoms with van der Waals surface area (Å²) >= 11 is 0. The second-order valence-electron chi connectivity index (χ2n) is 8.41. The third kappa shape index (κ3) is 5.56. The van der Waals surface area contributed by atoms with E-state index >= 15 is 0 Å². The van der Waals surface area contributed by atoms with Crippen LogP contribution >= 0.6 is 0 Å². The maximum atomic E-state index is 13.0. The van der Waals surface area contributed by atoms with Crippen LogP contribution in [0.2, 0.25) is 0 Å². The average molecular weight is 480 g/mol. The average Bonchev–Trinajstić information content (AvgIpc) is 3.38. The van der Waals surface area contributed by atoms with E-state index in [4.69, 9.17) is 14.2 Å². The van der Waals surface area contributed by atoms with Gasteiger partial charge in [-0.15, -0.1) is 6.58 Å². The van der Waals surface area contributed by atoms with E-state index in [2.05, 4.69) is 17.2 Å². The van der Waals surface area contributed by atoms with Gasteiger partial charge >= 0.3 is 0 Å². The molecule has 4 rings (SSSR count). The van der Waals surface area contributed by atoms with Crippen LogP contribution in [0.1, 0.15) is 33.6 Å². The quantitative estimate of drug-likeness (QED) is 0.563. The first-order valence-electron chi connectivity index (χ1n) is 11.5. The van der Waals surface area contributed by atoms with Crippen molar-refractivity contribution in [2.24, 2.45) is 5.92 Å². The summed E-state index contributed by atoms with van der Waals surface area (Å²) in [6, 6.07) is 11.2. The number of carbonyl (C=O) groups excluding carboxylic acids is 3. The van der Waals surface area contributed by atoms with Crippen LogP contribution in [-0.2, 0) is 4.79 Å². The van der Waals surface area contributed by atoms with Gasteiger partial charge in [-0.3, -0.25) is 14.4 Å². The molecule has 0 aromatic heterocycles. The van der Waals surface area contributed by atoms with Crippen LogP contribution in [-0.4, -0.2) is 62.2 Å². The lowest BCUT2D eigenvalue weighted by molar-refractivity contribution is -0.124. The van der Waals surface area contributed by atoms with Crippen LogP contribution in [0.5, 0.6) is 17.2 Å². The molecule has 3 amide bonds. The standard InChI is InChI=1S/C26H29N3O6/c1-3-12-27-25(31)23(28-24(30)19-6-9-21-22(15-19)35-16-34-21)17-10-13-29(14-11-17)26(32)18-4-7-20(33-2)8-5-18/h3-9,15,17,23H,1,10-14,16H2,2H3,(H,27,31)(H,28,30). The number of ether oxygens (including phenoxy) is 3. The van der Waals surface area contributed by atoms with Gasteiger partial charge in [0, 0.05) is 30.8 Å². The van der Waals surface area contributed by atoms with Crippen LogP contribution in [0.15, 0.2) is 55.1 Å². The first kappa shape index (κ1) is 24.1. The molecular weight excluding hydrogens is 450 g/mol. The molecule has 2 aromatic rings. The zero-order valence-corrected chi connectivity index (χ0v) is 19.6. The Balaban J connectivity index is 1.42. The molecule has 0 spiro atoms. The van der Waals surface area contributed by atoms with E-state index in [-0.39, 0.29) is 30.4 Å². The van der Waals surface area contributed by atoms with E-state index < -0.39 is 6.04 Å². The van der Waals surface area contributed by atoms with Crippen molar-refractivity contribution in [3.63, 3.8) is 0 Å². The molecule has 35 heavy (non-hydrogen) atoms. The van der Waals surface area contributed by atoms with Crippen molar-refractivity contribution in [2.45, 2.75) is 18.9 Å². The van der Waals surface area contributed by atoms with Crippen molar-refractivity contribution in [1.29, 1.82) is 0 Å². The fourth-order valence-corrected chi connectivity index (χ4v) is 4.29. The number of fused-ring (bicyclic) bond motifs is 1. The molecular formula is C26H29N3O6. The lowest BCUT2D eigenvalue weighted by atomic mass is 9.88. The number of likely N-dealkylation sites (tertiary alicyclic amines) is 1. The predicted molar refractivity (Wildman–Crippen MR) is 129 cm³/mol. The Morgan fingerprint density at radius 1 is 1.09 bits per heavy atom. The van der Waals surface area contributed by atoms with Gasteiger partial charge in [-0.1, -0.05) is 6.08 Å². The van der Waals surface area contributed by atoms with Gasteiger partial charge < -0.3 is 29.7 Å². The maximum Gasteiger partial charge on any atom is 0.253 e. The smallest absolute Gasteiger partial charge is 0.253 e.